The molecule has 0 aliphatic carbocycles. The number of hydrogen-bond donors (Lipinski definition) is 2. The largest absolute Gasteiger partial charge is 0.434 e. The lowest BCUT2D eigenvalue weighted by Gasteiger charge is -2.37. The van der Waals surface area contributed by atoms with Crippen LogP contribution >= 0.6 is 0 Å². The predicted octanol–water partition coefficient (Wildman–Crippen LogP) is 1.78. The van der Waals surface area contributed by atoms with Gasteiger partial charge in [0.2, 0.25) is 0 Å². The number of imidazole rings is 1. The van der Waals surface area contributed by atoms with Crippen LogP contribution in [-0.2, 0) is 6.18 Å². The van der Waals surface area contributed by atoms with Crippen LogP contribution in [0.2, 0.25) is 0 Å². The quantitative estimate of drug-likeness (QED) is 0.486. The van der Waals surface area contributed by atoms with Gasteiger partial charge in [-0.15, -0.1) is 0 Å². The molecule has 4 rings (SSSR count). The summed E-state index contributed by atoms with van der Waals surface area (Å²) < 4.78 is 40.5. The molecule has 1 aliphatic heterocycles. The van der Waals surface area contributed by atoms with Crippen molar-refractivity contribution < 1.29 is 13.2 Å². The zero-order valence-electron chi connectivity index (χ0n) is 15.9. The van der Waals surface area contributed by atoms with Crippen LogP contribution in [-0.4, -0.2) is 48.5 Å². The van der Waals surface area contributed by atoms with Crippen molar-refractivity contribution in [2.45, 2.75) is 25.1 Å². The van der Waals surface area contributed by atoms with Crippen LogP contribution < -0.4 is 16.5 Å². The maximum Gasteiger partial charge on any atom is 0.434 e. The Bertz CT molecular complexity index is 1060. The summed E-state index contributed by atoms with van der Waals surface area (Å²) in [6, 6.07) is 1.82. The van der Waals surface area contributed by atoms with Gasteiger partial charge in [-0.2, -0.15) is 13.2 Å². The number of aromatic nitrogens is 5. The number of hydrogen-bond acceptors (Lipinski definition) is 8. The minimum Gasteiger partial charge on any atom is -0.403 e. The van der Waals surface area contributed by atoms with Gasteiger partial charge in [0.1, 0.15) is 11.5 Å². The third kappa shape index (κ3) is 3.85. The monoisotopic (exact) mass is 419 g/mol. The minimum atomic E-state index is -4.56. The Morgan fingerprint density at radius 1 is 1.20 bits per heavy atom. The van der Waals surface area contributed by atoms with Crippen LogP contribution in [0, 0.1) is 0 Å². The Balaban J connectivity index is 1.65. The van der Waals surface area contributed by atoms with Gasteiger partial charge < -0.3 is 15.6 Å². The predicted molar refractivity (Wildman–Crippen MR) is 104 cm³/mol. The number of nitrogens with zero attached hydrogens (tertiary/aromatic N) is 7. The first-order valence-electron chi connectivity index (χ1n) is 9.27. The van der Waals surface area contributed by atoms with Crippen molar-refractivity contribution in [2.24, 2.45) is 11.6 Å². The number of nitrogens with two attached hydrogens (primary N) is 2. The first-order valence-corrected chi connectivity index (χ1v) is 9.27. The van der Waals surface area contributed by atoms with E-state index in [4.69, 9.17) is 11.6 Å². The summed E-state index contributed by atoms with van der Waals surface area (Å²) in [6.45, 7) is 1.41. The maximum absolute atomic E-state index is 13.1. The van der Waals surface area contributed by atoms with E-state index in [-0.39, 0.29) is 17.5 Å². The molecule has 0 aromatic carbocycles. The summed E-state index contributed by atoms with van der Waals surface area (Å²) in [5, 5.41) is 1.57. The molecule has 0 bridgehead atoms. The molecule has 1 fully saturated rings. The molecule has 0 amide bonds. The van der Waals surface area contributed by atoms with E-state index in [9.17, 15) is 13.2 Å². The zero-order chi connectivity index (χ0) is 21.3. The standard InChI is InChI=1S/C18H20F3N9/c19-18(20,21)14-11-29-13(8-26-16(29)9-25-14)17-24-5-3-15(27-17)28-6-1-2-12(10-28)30(23)7-4-22/h3-5,7-9,11-12H,1-2,6,10,22-23H2/b7-4-. The average molecular weight is 419 g/mol. The van der Waals surface area contributed by atoms with Gasteiger partial charge in [0, 0.05) is 37.9 Å². The highest BCUT2D eigenvalue weighted by Crippen LogP contribution is 2.29. The summed E-state index contributed by atoms with van der Waals surface area (Å²) in [6.07, 6.45) is 5.24. The minimum absolute atomic E-state index is 0.0631. The van der Waals surface area contributed by atoms with Crippen LogP contribution in [0.1, 0.15) is 18.5 Å². The van der Waals surface area contributed by atoms with E-state index in [1.165, 1.54) is 16.8 Å². The molecule has 158 valence electrons. The molecule has 1 aliphatic rings. The van der Waals surface area contributed by atoms with Crippen molar-refractivity contribution in [3.63, 3.8) is 0 Å². The summed E-state index contributed by atoms with van der Waals surface area (Å²) >= 11 is 0. The summed E-state index contributed by atoms with van der Waals surface area (Å²) in [4.78, 5) is 18.4. The molecule has 3 aromatic rings. The van der Waals surface area contributed by atoms with Gasteiger partial charge in [-0.25, -0.2) is 25.8 Å². The molecule has 3 aromatic heterocycles. The highest BCUT2D eigenvalue weighted by Gasteiger charge is 2.33. The van der Waals surface area contributed by atoms with Crippen LogP contribution in [0.4, 0.5) is 19.0 Å². The van der Waals surface area contributed by atoms with Crippen LogP contribution in [0.5, 0.6) is 0 Å². The van der Waals surface area contributed by atoms with E-state index in [2.05, 4.69) is 24.8 Å². The molecule has 4 heterocycles. The number of halogens is 3. The number of piperidine rings is 1. The Morgan fingerprint density at radius 3 is 2.80 bits per heavy atom. The SMILES string of the molecule is N/C=C\N(N)C1CCCN(c2ccnc(-c3cnc4cnc(C(F)(F)F)cn34)n2)C1. The van der Waals surface area contributed by atoms with Crippen molar-refractivity contribution in [1.82, 2.24) is 29.3 Å². The smallest absolute Gasteiger partial charge is 0.403 e. The fourth-order valence-electron chi connectivity index (χ4n) is 3.48. The summed E-state index contributed by atoms with van der Waals surface area (Å²) in [7, 11) is 0. The Morgan fingerprint density at radius 2 is 2.03 bits per heavy atom. The van der Waals surface area contributed by atoms with E-state index < -0.39 is 11.9 Å². The third-order valence-electron chi connectivity index (χ3n) is 4.96. The van der Waals surface area contributed by atoms with E-state index in [0.29, 0.717) is 18.1 Å². The van der Waals surface area contributed by atoms with Crippen molar-refractivity contribution >= 4 is 11.5 Å². The van der Waals surface area contributed by atoms with Gasteiger partial charge in [-0.3, -0.25) is 4.40 Å². The second-order valence-corrected chi connectivity index (χ2v) is 6.91. The molecular weight excluding hydrogens is 399 g/mol. The van der Waals surface area contributed by atoms with Crippen molar-refractivity contribution in [2.75, 3.05) is 18.0 Å². The average Bonchev–Trinajstić information content (AvgIpc) is 3.17. The number of fused-ring (bicyclic) bond motifs is 1. The van der Waals surface area contributed by atoms with Crippen LogP contribution in [0.25, 0.3) is 17.2 Å². The highest BCUT2D eigenvalue weighted by atomic mass is 19.4. The first kappa shape index (κ1) is 19.9. The van der Waals surface area contributed by atoms with Crippen LogP contribution in [0.3, 0.4) is 0 Å². The van der Waals surface area contributed by atoms with Crippen molar-refractivity contribution in [3.05, 3.63) is 48.9 Å². The molecule has 0 spiro atoms. The van der Waals surface area contributed by atoms with Gasteiger partial charge in [0.25, 0.3) is 0 Å². The molecule has 1 atom stereocenters. The molecule has 0 saturated carbocycles. The van der Waals surface area contributed by atoms with Gasteiger partial charge in [-0.1, -0.05) is 0 Å². The first-order chi connectivity index (χ1) is 14.4. The van der Waals surface area contributed by atoms with Crippen molar-refractivity contribution in [1.29, 1.82) is 0 Å². The molecule has 4 N–H and O–H groups in total. The molecule has 1 saturated heterocycles. The topological polar surface area (TPSA) is 114 Å². The van der Waals surface area contributed by atoms with Crippen molar-refractivity contribution in [3.8, 4) is 11.5 Å². The fraction of sp³-hybridized carbons (Fsp3) is 0.333. The fourth-order valence-corrected chi connectivity index (χ4v) is 3.48. The lowest BCUT2D eigenvalue weighted by Crippen LogP contribution is -2.49. The summed E-state index contributed by atoms with van der Waals surface area (Å²) in [5.74, 6) is 6.95. The Labute approximate surface area is 169 Å². The van der Waals surface area contributed by atoms with Gasteiger partial charge in [0.05, 0.1) is 18.4 Å². The number of alkyl halides is 3. The van der Waals surface area contributed by atoms with Gasteiger partial charge in [0.15, 0.2) is 17.2 Å². The summed E-state index contributed by atoms with van der Waals surface area (Å²) in [5.41, 5.74) is 5.03. The molecule has 9 nitrogen and oxygen atoms in total. The van der Waals surface area contributed by atoms with Gasteiger partial charge >= 0.3 is 6.18 Å². The molecule has 1 unspecified atom stereocenters. The Kier molecular flexibility index (Phi) is 5.16. The lowest BCUT2D eigenvalue weighted by molar-refractivity contribution is -0.141. The van der Waals surface area contributed by atoms with E-state index >= 15 is 0 Å². The highest BCUT2D eigenvalue weighted by molar-refractivity contribution is 5.58. The van der Waals surface area contributed by atoms with E-state index in [1.54, 1.807) is 23.5 Å². The lowest BCUT2D eigenvalue weighted by atomic mass is 10.1. The molecular formula is C18H20F3N9. The second-order valence-electron chi connectivity index (χ2n) is 6.91. The van der Waals surface area contributed by atoms with Crippen LogP contribution in [0.15, 0.2) is 43.3 Å². The second kappa shape index (κ2) is 7.78. The number of anilines is 1. The Hall–Kier alpha value is -3.41. The van der Waals surface area contributed by atoms with E-state index in [0.717, 1.165) is 31.8 Å². The molecule has 12 heteroatoms. The van der Waals surface area contributed by atoms with E-state index in [1.807, 2.05) is 0 Å². The molecule has 0 radical (unpaired) electrons. The number of hydrazine groups is 1. The number of rotatable bonds is 4. The normalized spacial score (nSPS) is 17.7. The maximum atomic E-state index is 13.1. The third-order valence-corrected chi connectivity index (χ3v) is 4.96. The zero-order valence-corrected chi connectivity index (χ0v) is 15.9. The molecule has 30 heavy (non-hydrogen) atoms. The van der Waals surface area contributed by atoms with Gasteiger partial charge in [-0.05, 0) is 18.9 Å².